The van der Waals surface area contributed by atoms with Crippen molar-refractivity contribution in [1.29, 1.82) is 0 Å². The number of likely N-dealkylation sites (tertiary alicyclic amines) is 1. The van der Waals surface area contributed by atoms with Crippen molar-refractivity contribution >= 4 is 0 Å². The molecule has 0 amide bonds. The van der Waals surface area contributed by atoms with Crippen molar-refractivity contribution < 1.29 is 0 Å². The summed E-state index contributed by atoms with van der Waals surface area (Å²) in [6, 6.07) is 3.89. The zero-order valence-corrected chi connectivity index (χ0v) is 15.3. The van der Waals surface area contributed by atoms with Crippen LogP contribution in [-0.2, 0) is 6.54 Å². The van der Waals surface area contributed by atoms with Gasteiger partial charge in [0.25, 0.3) is 5.56 Å². The van der Waals surface area contributed by atoms with Crippen LogP contribution in [0.25, 0.3) is 11.3 Å². The van der Waals surface area contributed by atoms with Crippen LogP contribution in [0.1, 0.15) is 37.6 Å². The molecule has 0 spiro atoms. The van der Waals surface area contributed by atoms with Gasteiger partial charge in [0.1, 0.15) is 0 Å². The molecule has 2 aliphatic heterocycles. The number of aryl methyl sites for hydroxylation is 1. The average molecular weight is 338 g/mol. The average Bonchev–Trinajstić information content (AvgIpc) is 2.55. The monoisotopic (exact) mass is 338 g/mol. The molecule has 1 saturated heterocycles. The van der Waals surface area contributed by atoms with Crippen LogP contribution in [0.2, 0.25) is 0 Å². The van der Waals surface area contributed by atoms with Gasteiger partial charge in [-0.05, 0) is 31.2 Å². The van der Waals surface area contributed by atoms with E-state index in [-0.39, 0.29) is 5.56 Å². The SMILES string of the molecule is Cc1cncc(-c2cc3n(c(=O)c2)C[C@H]2C[C@@H]3CN(CC(C)C)C2)n1. The normalized spacial score (nSPS) is 22.9. The fraction of sp³-hybridized carbons (Fsp3) is 0.550. The molecular formula is C20H26N4O. The summed E-state index contributed by atoms with van der Waals surface area (Å²) in [5.74, 6) is 1.71. The summed E-state index contributed by atoms with van der Waals surface area (Å²) >= 11 is 0. The highest BCUT2D eigenvalue weighted by molar-refractivity contribution is 5.58. The van der Waals surface area contributed by atoms with Crippen molar-refractivity contribution in [2.75, 3.05) is 19.6 Å². The van der Waals surface area contributed by atoms with E-state index in [1.165, 1.54) is 12.1 Å². The van der Waals surface area contributed by atoms with E-state index < -0.39 is 0 Å². The molecule has 4 rings (SSSR count). The highest BCUT2D eigenvalue weighted by Gasteiger charge is 2.35. The van der Waals surface area contributed by atoms with E-state index in [0.717, 1.165) is 43.1 Å². The number of hydrogen-bond donors (Lipinski definition) is 0. The zero-order valence-electron chi connectivity index (χ0n) is 15.3. The Morgan fingerprint density at radius 2 is 2.04 bits per heavy atom. The smallest absolute Gasteiger partial charge is 0.251 e. The first-order valence-electron chi connectivity index (χ1n) is 9.25. The van der Waals surface area contributed by atoms with E-state index in [1.54, 1.807) is 18.5 Å². The maximum Gasteiger partial charge on any atom is 0.251 e. The Bertz CT molecular complexity index is 842. The fourth-order valence-corrected chi connectivity index (χ4v) is 4.47. The van der Waals surface area contributed by atoms with Gasteiger partial charge in [-0.25, -0.2) is 4.98 Å². The minimum atomic E-state index is 0.0998. The van der Waals surface area contributed by atoms with E-state index in [9.17, 15) is 4.79 Å². The molecule has 2 aliphatic rings. The third kappa shape index (κ3) is 3.25. The van der Waals surface area contributed by atoms with Gasteiger partial charge in [0.15, 0.2) is 0 Å². The summed E-state index contributed by atoms with van der Waals surface area (Å²) in [5.41, 5.74) is 3.83. The molecular weight excluding hydrogens is 312 g/mol. The minimum absolute atomic E-state index is 0.0998. The van der Waals surface area contributed by atoms with E-state index in [1.807, 2.05) is 11.5 Å². The van der Waals surface area contributed by atoms with Crippen molar-refractivity contribution in [1.82, 2.24) is 19.4 Å². The van der Waals surface area contributed by atoms with Crippen LogP contribution in [0.3, 0.4) is 0 Å². The zero-order chi connectivity index (χ0) is 17.6. The number of piperidine rings is 1. The molecule has 25 heavy (non-hydrogen) atoms. The molecule has 2 atom stereocenters. The first kappa shape index (κ1) is 16.5. The number of fused-ring (bicyclic) bond motifs is 4. The quantitative estimate of drug-likeness (QED) is 0.863. The molecule has 0 aromatic carbocycles. The molecule has 2 bridgehead atoms. The van der Waals surface area contributed by atoms with E-state index in [0.29, 0.717) is 17.8 Å². The Labute approximate surface area is 148 Å². The van der Waals surface area contributed by atoms with Crippen LogP contribution >= 0.6 is 0 Å². The molecule has 1 fully saturated rings. The number of pyridine rings is 1. The lowest BCUT2D eigenvalue weighted by Gasteiger charge is -2.43. The molecule has 132 valence electrons. The lowest BCUT2D eigenvalue weighted by molar-refractivity contribution is 0.109. The lowest BCUT2D eigenvalue weighted by atomic mass is 9.82. The highest BCUT2D eigenvalue weighted by atomic mass is 16.1. The van der Waals surface area contributed by atoms with Crippen LogP contribution in [-0.4, -0.2) is 39.1 Å². The molecule has 4 heterocycles. The second kappa shape index (κ2) is 6.37. The molecule has 0 unspecified atom stereocenters. The van der Waals surface area contributed by atoms with Crippen LogP contribution in [0, 0.1) is 18.8 Å². The Hall–Kier alpha value is -2.01. The topological polar surface area (TPSA) is 51.0 Å². The molecule has 5 nitrogen and oxygen atoms in total. The van der Waals surface area contributed by atoms with Crippen molar-refractivity contribution in [3.8, 4) is 11.3 Å². The molecule has 2 aromatic rings. The van der Waals surface area contributed by atoms with Gasteiger partial charge < -0.3 is 9.47 Å². The maximum absolute atomic E-state index is 12.7. The molecule has 0 radical (unpaired) electrons. The first-order chi connectivity index (χ1) is 12.0. The van der Waals surface area contributed by atoms with Gasteiger partial charge in [0, 0.05) is 55.6 Å². The van der Waals surface area contributed by atoms with Crippen molar-refractivity contribution in [2.45, 2.75) is 39.7 Å². The van der Waals surface area contributed by atoms with Crippen LogP contribution in [0.5, 0.6) is 0 Å². The lowest BCUT2D eigenvalue weighted by Crippen LogP contribution is -2.48. The van der Waals surface area contributed by atoms with E-state index >= 15 is 0 Å². The molecule has 2 aromatic heterocycles. The third-order valence-corrected chi connectivity index (χ3v) is 5.31. The van der Waals surface area contributed by atoms with E-state index in [2.05, 4.69) is 34.8 Å². The summed E-state index contributed by atoms with van der Waals surface area (Å²) in [7, 11) is 0. The number of hydrogen-bond acceptors (Lipinski definition) is 4. The van der Waals surface area contributed by atoms with Crippen LogP contribution in [0.4, 0.5) is 0 Å². The van der Waals surface area contributed by atoms with Crippen molar-refractivity contribution in [3.63, 3.8) is 0 Å². The van der Waals surface area contributed by atoms with Crippen molar-refractivity contribution in [3.05, 3.63) is 46.3 Å². The second-order valence-electron chi connectivity index (χ2n) is 8.07. The summed E-state index contributed by atoms with van der Waals surface area (Å²) < 4.78 is 2.00. The van der Waals surface area contributed by atoms with Crippen LogP contribution in [0.15, 0.2) is 29.3 Å². The first-order valence-corrected chi connectivity index (χ1v) is 9.25. The Morgan fingerprint density at radius 3 is 2.80 bits per heavy atom. The largest absolute Gasteiger partial charge is 0.312 e. The van der Waals surface area contributed by atoms with Gasteiger partial charge in [0.05, 0.1) is 17.6 Å². The Morgan fingerprint density at radius 1 is 1.20 bits per heavy atom. The Balaban J connectivity index is 1.72. The third-order valence-electron chi connectivity index (χ3n) is 5.31. The molecule has 0 aliphatic carbocycles. The fourth-order valence-electron chi connectivity index (χ4n) is 4.47. The maximum atomic E-state index is 12.7. The predicted octanol–water partition coefficient (Wildman–Crippen LogP) is 2.69. The number of rotatable bonds is 3. The van der Waals surface area contributed by atoms with Gasteiger partial charge in [-0.3, -0.25) is 9.78 Å². The van der Waals surface area contributed by atoms with Crippen LogP contribution < -0.4 is 5.56 Å². The van der Waals surface area contributed by atoms with Gasteiger partial charge >= 0.3 is 0 Å². The number of nitrogens with zero attached hydrogens (tertiary/aromatic N) is 4. The van der Waals surface area contributed by atoms with Gasteiger partial charge in [-0.2, -0.15) is 0 Å². The predicted molar refractivity (Wildman–Crippen MR) is 98.6 cm³/mol. The second-order valence-corrected chi connectivity index (χ2v) is 8.07. The Kier molecular flexibility index (Phi) is 4.20. The van der Waals surface area contributed by atoms with E-state index in [4.69, 9.17) is 0 Å². The molecule has 5 heteroatoms. The summed E-state index contributed by atoms with van der Waals surface area (Å²) in [6.07, 6.45) is 4.68. The van der Waals surface area contributed by atoms with Gasteiger partial charge in [0.2, 0.25) is 0 Å². The highest BCUT2D eigenvalue weighted by Crippen LogP contribution is 2.36. The van der Waals surface area contributed by atoms with Gasteiger partial charge in [-0.1, -0.05) is 13.8 Å². The summed E-state index contributed by atoms with van der Waals surface area (Å²) in [5, 5.41) is 0. The van der Waals surface area contributed by atoms with Gasteiger partial charge in [-0.15, -0.1) is 0 Å². The molecule has 0 saturated carbocycles. The summed E-state index contributed by atoms with van der Waals surface area (Å²) in [6.45, 7) is 10.6. The van der Waals surface area contributed by atoms with Crippen molar-refractivity contribution in [2.24, 2.45) is 11.8 Å². The minimum Gasteiger partial charge on any atom is -0.312 e. The molecule has 0 N–H and O–H groups in total. The summed E-state index contributed by atoms with van der Waals surface area (Å²) in [4.78, 5) is 24.1. The number of aromatic nitrogens is 3. The standard InChI is InChI=1S/C20H26N4O/c1-13(2)9-23-10-15-4-17(12-23)19-5-16(6-20(25)24(19)11-15)18-8-21-7-14(3)22-18/h5-8,13,15,17H,4,9-12H2,1-3H3/t15-,17+/m0/s1.